The third-order valence-corrected chi connectivity index (χ3v) is 8.25. The molecule has 0 unspecified atom stereocenters. The molecule has 8 aromatic carbocycles. The first-order chi connectivity index (χ1) is 20.2. The average Bonchev–Trinajstić information content (AvgIpc) is 3.02. The standard InChI is InChI=1S/C37H24O4/c38-36(30-18-14-26-10-8-22-4-1-6-24-12-16-28(30)34(26)32(22)24)40-20-3-21-41-37(39)31-19-15-27-11-9-23-5-2-7-25-13-17-29(31)35(27)33(23)25/h1-2,4-19H,3,20-21H2. The van der Waals surface area contributed by atoms with E-state index in [-0.39, 0.29) is 25.2 Å². The number of esters is 2. The van der Waals surface area contributed by atoms with Crippen LogP contribution in [0.2, 0.25) is 0 Å². The molecular formula is C37H24O4. The molecule has 0 aromatic heterocycles. The summed E-state index contributed by atoms with van der Waals surface area (Å²) in [7, 11) is 0. The van der Waals surface area contributed by atoms with Crippen molar-refractivity contribution in [2.45, 2.75) is 6.42 Å². The molecule has 0 fully saturated rings. The highest BCUT2D eigenvalue weighted by Crippen LogP contribution is 2.37. The van der Waals surface area contributed by atoms with Crippen LogP contribution in [0.1, 0.15) is 27.1 Å². The van der Waals surface area contributed by atoms with Gasteiger partial charge in [-0.05, 0) is 76.8 Å². The lowest BCUT2D eigenvalue weighted by molar-refractivity contribution is 0.0398. The van der Waals surface area contributed by atoms with Gasteiger partial charge in [-0.1, -0.05) is 97.1 Å². The van der Waals surface area contributed by atoms with E-state index in [1.54, 1.807) is 0 Å². The number of benzene rings is 8. The highest BCUT2D eigenvalue weighted by Gasteiger charge is 2.18. The Balaban J connectivity index is 0.973. The smallest absolute Gasteiger partial charge is 0.338 e. The van der Waals surface area contributed by atoms with Crippen molar-refractivity contribution >= 4 is 76.6 Å². The molecule has 0 N–H and O–H groups in total. The zero-order valence-corrected chi connectivity index (χ0v) is 22.1. The number of hydrogen-bond acceptors (Lipinski definition) is 4. The predicted molar refractivity (Wildman–Crippen MR) is 165 cm³/mol. The Kier molecular flexibility index (Phi) is 5.29. The minimum absolute atomic E-state index is 0.159. The molecule has 4 nitrogen and oxygen atoms in total. The van der Waals surface area contributed by atoms with Crippen LogP contribution in [0.5, 0.6) is 0 Å². The quantitative estimate of drug-likeness (QED) is 0.122. The number of carbonyl (C=O) groups excluding carboxylic acids is 2. The topological polar surface area (TPSA) is 52.6 Å². The number of rotatable bonds is 6. The lowest BCUT2D eigenvalue weighted by Crippen LogP contribution is -2.12. The molecule has 0 amide bonds. The SMILES string of the molecule is O=C(OCCCOC(=O)c1ccc2ccc3cccc4ccc1c2c34)c1ccc2ccc3cccc4ccc1c2c34. The third kappa shape index (κ3) is 3.68. The Morgan fingerprint density at radius 2 is 0.756 bits per heavy atom. The van der Waals surface area contributed by atoms with Crippen LogP contribution in [0.4, 0.5) is 0 Å². The Morgan fingerprint density at radius 1 is 0.415 bits per heavy atom. The number of ether oxygens (including phenoxy) is 2. The van der Waals surface area contributed by atoms with Gasteiger partial charge < -0.3 is 9.47 Å². The summed E-state index contributed by atoms with van der Waals surface area (Å²) < 4.78 is 11.2. The summed E-state index contributed by atoms with van der Waals surface area (Å²) in [6.07, 6.45) is 0.412. The Hall–Kier alpha value is -5.22. The molecule has 0 aliphatic heterocycles. The highest BCUT2D eigenvalue weighted by molar-refractivity contribution is 6.27. The van der Waals surface area contributed by atoms with Crippen molar-refractivity contribution in [2.24, 2.45) is 0 Å². The van der Waals surface area contributed by atoms with Gasteiger partial charge in [-0.3, -0.25) is 0 Å². The lowest BCUT2D eigenvalue weighted by atomic mass is 9.92. The molecular weight excluding hydrogens is 508 g/mol. The fraction of sp³-hybridized carbons (Fsp3) is 0.0811. The maximum Gasteiger partial charge on any atom is 0.338 e. The molecule has 41 heavy (non-hydrogen) atoms. The van der Waals surface area contributed by atoms with E-state index in [1.807, 2.05) is 48.5 Å². The molecule has 0 aliphatic rings. The summed E-state index contributed by atoms with van der Waals surface area (Å²) in [5.41, 5.74) is 1.09. The Morgan fingerprint density at radius 3 is 1.17 bits per heavy atom. The second-order valence-electron chi connectivity index (χ2n) is 10.6. The van der Waals surface area contributed by atoms with Gasteiger partial charge in [0, 0.05) is 6.42 Å². The van der Waals surface area contributed by atoms with Crippen LogP contribution < -0.4 is 0 Å². The molecule has 0 heterocycles. The highest BCUT2D eigenvalue weighted by atomic mass is 16.5. The molecule has 0 atom stereocenters. The molecule has 0 spiro atoms. The van der Waals surface area contributed by atoms with Gasteiger partial charge in [-0.2, -0.15) is 0 Å². The van der Waals surface area contributed by atoms with Gasteiger partial charge >= 0.3 is 11.9 Å². The van der Waals surface area contributed by atoms with E-state index < -0.39 is 0 Å². The van der Waals surface area contributed by atoms with Crippen LogP contribution in [-0.2, 0) is 9.47 Å². The first kappa shape index (κ1) is 23.6. The molecule has 0 radical (unpaired) electrons. The van der Waals surface area contributed by atoms with Gasteiger partial charge in [0.1, 0.15) is 0 Å². The number of hydrogen-bond donors (Lipinski definition) is 0. The molecule has 196 valence electrons. The number of carbonyl (C=O) groups is 2. The Bertz CT molecular complexity index is 2090. The van der Waals surface area contributed by atoms with Crippen molar-refractivity contribution in [2.75, 3.05) is 13.2 Å². The summed E-state index contributed by atoms with van der Waals surface area (Å²) in [4.78, 5) is 26.2. The second-order valence-corrected chi connectivity index (χ2v) is 10.6. The van der Waals surface area contributed by atoms with Crippen LogP contribution in [-0.4, -0.2) is 25.2 Å². The van der Waals surface area contributed by atoms with Gasteiger partial charge in [-0.25, -0.2) is 9.59 Å². The van der Waals surface area contributed by atoms with Crippen LogP contribution in [0.3, 0.4) is 0 Å². The van der Waals surface area contributed by atoms with Crippen molar-refractivity contribution in [1.29, 1.82) is 0 Å². The second kappa shape index (κ2) is 9.17. The summed E-state index contributed by atoms with van der Waals surface area (Å²) in [6, 6.07) is 36.6. The first-order valence-corrected chi connectivity index (χ1v) is 13.8. The van der Waals surface area contributed by atoms with E-state index in [0.717, 1.165) is 64.6 Å². The van der Waals surface area contributed by atoms with Crippen molar-refractivity contribution < 1.29 is 19.1 Å². The van der Waals surface area contributed by atoms with Gasteiger partial charge in [0.25, 0.3) is 0 Å². The van der Waals surface area contributed by atoms with Gasteiger partial charge in [0.15, 0.2) is 0 Å². The maximum absolute atomic E-state index is 13.1. The molecule has 0 aliphatic carbocycles. The van der Waals surface area contributed by atoms with Crippen molar-refractivity contribution in [3.05, 3.63) is 120 Å². The fourth-order valence-electron chi connectivity index (χ4n) is 6.37. The normalized spacial score (nSPS) is 11.9. The summed E-state index contributed by atoms with van der Waals surface area (Å²) in [5, 5.41) is 13.1. The summed E-state index contributed by atoms with van der Waals surface area (Å²) >= 11 is 0. The van der Waals surface area contributed by atoms with Crippen LogP contribution in [0, 0.1) is 0 Å². The monoisotopic (exact) mass is 532 g/mol. The largest absolute Gasteiger partial charge is 0.462 e. The molecule has 0 saturated carbocycles. The molecule has 0 bridgehead atoms. The molecule has 4 heteroatoms. The van der Waals surface area contributed by atoms with E-state index >= 15 is 0 Å². The Labute approximate surface area is 235 Å². The van der Waals surface area contributed by atoms with Crippen LogP contribution in [0.25, 0.3) is 64.6 Å². The average molecular weight is 533 g/mol. The van der Waals surface area contributed by atoms with Gasteiger partial charge in [0.05, 0.1) is 24.3 Å². The van der Waals surface area contributed by atoms with E-state index in [4.69, 9.17) is 9.47 Å². The summed E-state index contributed by atoms with van der Waals surface area (Å²) in [5.74, 6) is -0.748. The van der Waals surface area contributed by atoms with Crippen LogP contribution >= 0.6 is 0 Å². The van der Waals surface area contributed by atoms with E-state index in [9.17, 15) is 9.59 Å². The molecule has 0 saturated heterocycles. The zero-order valence-electron chi connectivity index (χ0n) is 22.1. The van der Waals surface area contributed by atoms with Crippen molar-refractivity contribution in [1.82, 2.24) is 0 Å². The van der Waals surface area contributed by atoms with Crippen molar-refractivity contribution in [3.8, 4) is 0 Å². The van der Waals surface area contributed by atoms with Crippen molar-refractivity contribution in [3.63, 3.8) is 0 Å². The lowest BCUT2D eigenvalue weighted by Gasteiger charge is -2.14. The van der Waals surface area contributed by atoms with E-state index in [1.165, 1.54) is 0 Å². The molecule has 8 rings (SSSR count). The minimum Gasteiger partial charge on any atom is -0.462 e. The van der Waals surface area contributed by atoms with Crippen LogP contribution in [0.15, 0.2) is 109 Å². The van der Waals surface area contributed by atoms with Gasteiger partial charge in [-0.15, -0.1) is 0 Å². The third-order valence-electron chi connectivity index (χ3n) is 8.25. The van der Waals surface area contributed by atoms with Gasteiger partial charge in [0.2, 0.25) is 0 Å². The first-order valence-electron chi connectivity index (χ1n) is 13.8. The fourth-order valence-corrected chi connectivity index (χ4v) is 6.37. The zero-order chi connectivity index (χ0) is 27.5. The maximum atomic E-state index is 13.1. The van der Waals surface area contributed by atoms with E-state index in [2.05, 4.69) is 60.7 Å². The molecule has 8 aromatic rings. The predicted octanol–water partition coefficient (Wildman–Crippen LogP) is 8.89. The summed E-state index contributed by atoms with van der Waals surface area (Å²) in [6.45, 7) is 0.319. The minimum atomic E-state index is -0.374. The van der Waals surface area contributed by atoms with E-state index in [0.29, 0.717) is 17.5 Å².